The van der Waals surface area contributed by atoms with Crippen LogP contribution in [0.25, 0.3) is 0 Å². The zero-order chi connectivity index (χ0) is 13.5. The third-order valence-electron chi connectivity index (χ3n) is 2.83. The first kappa shape index (κ1) is 14.7. The molecule has 0 radical (unpaired) electrons. The molecule has 18 heavy (non-hydrogen) atoms. The topological polar surface area (TPSA) is 49.5 Å². The molecule has 0 amide bonds. The van der Waals surface area contributed by atoms with Gasteiger partial charge in [-0.15, -0.1) is 0 Å². The summed E-state index contributed by atoms with van der Waals surface area (Å²) in [6.07, 6.45) is 0. The molecule has 0 saturated heterocycles. The molecule has 1 atom stereocenters. The van der Waals surface area contributed by atoms with Gasteiger partial charge in [-0.3, -0.25) is 4.90 Å². The van der Waals surface area contributed by atoms with Crippen molar-refractivity contribution in [2.75, 3.05) is 20.2 Å². The Morgan fingerprint density at radius 1 is 1.50 bits per heavy atom. The summed E-state index contributed by atoms with van der Waals surface area (Å²) in [6, 6.07) is 4.59. The Balaban J connectivity index is 2.94. The molecular weight excluding hydrogens is 231 g/mol. The van der Waals surface area contributed by atoms with Crippen molar-refractivity contribution in [3.8, 4) is 11.8 Å². The summed E-state index contributed by atoms with van der Waals surface area (Å²) in [5, 5.41) is 9.09. The first-order chi connectivity index (χ1) is 8.58. The van der Waals surface area contributed by atoms with Crippen LogP contribution >= 0.6 is 0 Å². The highest BCUT2D eigenvalue weighted by Crippen LogP contribution is 2.13. The zero-order valence-corrected chi connectivity index (χ0v) is 10.8. The van der Waals surface area contributed by atoms with Gasteiger partial charge >= 0.3 is 0 Å². The lowest BCUT2D eigenvalue weighted by Crippen LogP contribution is -2.31. The van der Waals surface area contributed by atoms with Crippen LogP contribution in [-0.2, 0) is 6.54 Å². The molecule has 3 N–H and O–H groups in total. The van der Waals surface area contributed by atoms with E-state index in [0.29, 0.717) is 12.1 Å². The summed E-state index contributed by atoms with van der Waals surface area (Å²) in [4.78, 5) is 1.99. The maximum atomic E-state index is 13.2. The van der Waals surface area contributed by atoms with Crippen molar-refractivity contribution in [2.45, 2.75) is 19.5 Å². The van der Waals surface area contributed by atoms with Gasteiger partial charge in [-0.05, 0) is 31.7 Å². The standard InChI is InChI=1S/C14H19FN2O/c1-11(10-18)17(2)9-13-5-6-14(15)8-12(13)4-3-7-16/h5-6,8,11,18H,7,9-10,16H2,1-2H3. The van der Waals surface area contributed by atoms with Gasteiger partial charge in [0, 0.05) is 18.2 Å². The second kappa shape index (κ2) is 7.12. The highest BCUT2D eigenvalue weighted by molar-refractivity contribution is 5.41. The molecule has 0 aliphatic carbocycles. The van der Waals surface area contributed by atoms with E-state index in [9.17, 15) is 4.39 Å². The lowest BCUT2D eigenvalue weighted by Gasteiger charge is -2.23. The number of hydrogen-bond acceptors (Lipinski definition) is 3. The highest BCUT2D eigenvalue weighted by Gasteiger charge is 2.10. The van der Waals surface area contributed by atoms with Crippen LogP contribution in [0.15, 0.2) is 18.2 Å². The van der Waals surface area contributed by atoms with E-state index in [1.165, 1.54) is 12.1 Å². The second-order valence-corrected chi connectivity index (χ2v) is 4.25. The molecule has 0 aromatic heterocycles. The molecule has 1 aromatic carbocycles. The van der Waals surface area contributed by atoms with Crippen molar-refractivity contribution in [1.82, 2.24) is 4.90 Å². The maximum Gasteiger partial charge on any atom is 0.124 e. The van der Waals surface area contributed by atoms with E-state index in [0.717, 1.165) is 5.56 Å². The molecule has 1 rings (SSSR count). The Labute approximate surface area is 107 Å². The van der Waals surface area contributed by atoms with Gasteiger partial charge < -0.3 is 10.8 Å². The fourth-order valence-electron chi connectivity index (χ4n) is 1.51. The van der Waals surface area contributed by atoms with Gasteiger partial charge in [-0.25, -0.2) is 4.39 Å². The number of rotatable bonds is 4. The third-order valence-corrected chi connectivity index (χ3v) is 2.83. The smallest absolute Gasteiger partial charge is 0.124 e. The average molecular weight is 250 g/mol. The Kier molecular flexibility index (Phi) is 5.79. The van der Waals surface area contributed by atoms with Crippen LogP contribution < -0.4 is 5.73 Å². The molecule has 0 aliphatic heterocycles. The number of benzene rings is 1. The van der Waals surface area contributed by atoms with E-state index in [1.54, 1.807) is 6.07 Å². The molecule has 4 heteroatoms. The Bertz CT molecular complexity index is 451. The minimum Gasteiger partial charge on any atom is -0.395 e. The molecule has 3 nitrogen and oxygen atoms in total. The normalized spacial score (nSPS) is 12.1. The first-order valence-corrected chi connectivity index (χ1v) is 5.87. The van der Waals surface area contributed by atoms with Crippen LogP contribution in [0.5, 0.6) is 0 Å². The van der Waals surface area contributed by atoms with Crippen molar-refractivity contribution in [2.24, 2.45) is 5.73 Å². The number of nitrogens with zero attached hydrogens (tertiary/aromatic N) is 1. The lowest BCUT2D eigenvalue weighted by atomic mass is 10.1. The molecule has 0 saturated carbocycles. The van der Waals surface area contributed by atoms with Crippen molar-refractivity contribution < 1.29 is 9.50 Å². The summed E-state index contributed by atoms with van der Waals surface area (Å²) in [7, 11) is 1.91. The minimum atomic E-state index is -0.307. The number of aliphatic hydroxyl groups is 1. The van der Waals surface area contributed by atoms with E-state index in [-0.39, 0.29) is 25.0 Å². The molecule has 1 aromatic rings. The van der Waals surface area contributed by atoms with E-state index < -0.39 is 0 Å². The van der Waals surface area contributed by atoms with Gasteiger partial charge in [0.15, 0.2) is 0 Å². The summed E-state index contributed by atoms with van der Waals surface area (Å²) in [5.41, 5.74) is 6.91. The Hall–Kier alpha value is -1.41. The fourth-order valence-corrected chi connectivity index (χ4v) is 1.51. The third kappa shape index (κ3) is 4.11. The zero-order valence-electron chi connectivity index (χ0n) is 10.8. The van der Waals surface area contributed by atoms with Gasteiger partial charge in [0.05, 0.1) is 13.2 Å². The highest BCUT2D eigenvalue weighted by atomic mass is 19.1. The summed E-state index contributed by atoms with van der Waals surface area (Å²) in [5.74, 6) is 5.30. The van der Waals surface area contributed by atoms with E-state index in [2.05, 4.69) is 11.8 Å². The second-order valence-electron chi connectivity index (χ2n) is 4.25. The van der Waals surface area contributed by atoms with Gasteiger partial charge in [-0.2, -0.15) is 0 Å². The summed E-state index contributed by atoms with van der Waals surface area (Å²) >= 11 is 0. The SMILES string of the molecule is CC(CO)N(C)Cc1ccc(F)cc1C#CCN. The molecule has 1 unspecified atom stereocenters. The molecule has 0 aliphatic rings. The summed E-state index contributed by atoms with van der Waals surface area (Å²) < 4.78 is 13.2. The van der Waals surface area contributed by atoms with Crippen molar-refractivity contribution >= 4 is 0 Å². The quantitative estimate of drug-likeness (QED) is 0.782. The van der Waals surface area contributed by atoms with Gasteiger partial charge in [0.25, 0.3) is 0 Å². The lowest BCUT2D eigenvalue weighted by molar-refractivity contribution is 0.154. The predicted molar refractivity (Wildman–Crippen MR) is 70.3 cm³/mol. The monoisotopic (exact) mass is 250 g/mol. The minimum absolute atomic E-state index is 0.0466. The van der Waals surface area contributed by atoms with E-state index in [1.807, 2.05) is 18.9 Å². The molecule has 0 heterocycles. The molecule has 98 valence electrons. The van der Waals surface area contributed by atoms with Crippen LogP contribution in [0.2, 0.25) is 0 Å². The molecule has 0 bridgehead atoms. The van der Waals surface area contributed by atoms with Gasteiger partial charge in [0.1, 0.15) is 5.82 Å². The van der Waals surface area contributed by atoms with Gasteiger partial charge in [0.2, 0.25) is 0 Å². The largest absolute Gasteiger partial charge is 0.395 e. The molecule has 0 spiro atoms. The average Bonchev–Trinajstić information content (AvgIpc) is 2.37. The van der Waals surface area contributed by atoms with Crippen molar-refractivity contribution in [1.29, 1.82) is 0 Å². The van der Waals surface area contributed by atoms with Crippen LogP contribution in [0.1, 0.15) is 18.1 Å². The van der Waals surface area contributed by atoms with Gasteiger partial charge in [-0.1, -0.05) is 17.9 Å². The maximum absolute atomic E-state index is 13.2. The van der Waals surface area contributed by atoms with Crippen LogP contribution in [0.3, 0.4) is 0 Å². The molecule has 0 fully saturated rings. The summed E-state index contributed by atoms with van der Waals surface area (Å²) in [6.45, 7) is 2.87. The van der Waals surface area contributed by atoms with Crippen molar-refractivity contribution in [3.05, 3.63) is 35.1 Å². The van der Waals surface area contributed by atoms with Crippen LogP contribution in [-0.4, -0.2) is 36.2 Å². The van der Waals surface area contributed by atoms with E-state index in [4.69, 9.17) is 10.8 Å². The Morgan fingerprint density at radius 2 is 2.22 bits per heavy atom. The van der Waals surface area contributed by atoms with E-state index >= 15 is 0 Å². The predicted octanol–water partition coefficient (Wildman–Crippen LogP) is 0.949. The molecular formula is C14H19FN2O. The number of halogens is 1. The number of aliphatic hydroxyl groups excluding tert-OH is 1. The van der Waals surface area contributed by atoms with Crippen LogP contribution in [0.4, 0.5) is 4.39 Å². The number of hydrogen-bond donors (Lipinski definition) is 2. The Morgan fingerprint density at radius 3 is 2.83 bits per heavy atom. The van der Waals surface area contributed by atoms with Crippen molar-refractivity contribution in [3.63, 3.8) is 0 Å². The first-order valence-electron chi connectivity index (χ1n) is 5.87. The van der Waals surface area contributed by atoms with Crippen LogP contribution in [0, 0.1) is 17.7 Å². The number of likely N-dealkylation sites (N-methyl/N-ethyl adjacent to an activating group) is 1. The fraction of sp³-hybridized carbons (Fsp3) is 0.429. The number of nitrogens with two attached hydrogens (primary N) is 1.